The van der Waals surface area contributed by atoms with Crippen molar-refractivity contribution in [1.29, 1.82) is 0 Å². The zero-order chi connectivity index (χ0) is 13.2. The van der Waals surface area contributed by atoms with Crippen LogP contribution in [-0.4, -0.2) is 112 Å². The first-order chi connectivity index (χ1) is 7.76. The van der Waals surface area contributed by atoms with Gasteiger partial charge in [-0.3, -0.25) is 0 Å². The predicted molar refractivity (Wildman–Crippen MR) is 97.9 cm³/mol. The summed E-state index contributed by atoms with van der Waals surface area (Å²) in [6, 6.07) is 0. The van der Waals surface area contributed by atoms with Crippen LogP contribution in [0, 0.1) is 37.5 Å². The van der Waals surface area contributed by atoms with Crippen LogP contribution in [0.1, 0.15) is 32.6 Å². The Morgan fingerprint density at radius 1 is 1.04 bits per heavy atom. The van der Waals surface area contributed by atoms with Crippen LogP contribution in [0.25, 0.3) is 5.32 Å². The third kappa shape index (κ3) is 127. The Hall–Kier alpha value is 4.64. The zero-order valence-electron chi connectivity index (χ0n) is 15.4. The summed E-state index contributed by atoms with van der Waals surface area (Å²) < 4.78 is 0. The second kappa shape index (κ2) is 89.4. The maximum atomic E-state index is 6.47. The molecule has 0 aromatic rings. The fourth-order valence-electron chi connectivity index (χ4n) is 0.397. The molecule has 0 amide bonds. The summed E-state index contributed by atoms with van der Waals surface area (Å²) in [5.41, 5.74) is 0. The van der Waals surface area contributed by atoms with Crippen LogP contribution in [0.3, 0.4) is 0 Å². The Morgan fingerprint density at radius 3 is 1.36 bits per heavy atom. The van der Waals surface area contributed by atoms with Crippen LogP contribution in [0.5, 0.6) is 0 Å². The average molecular weight is 693 g/mol. The van der Waals surface area contributed by atoms with Crippen molar-refractivity contribution < 1.29 is 80.3 Å². The van der Waals surface area contributed by atoms with E-state index in [0.29, 0.717) is 11.8 Å². The molecule has 1 aliphatic carbocycles. The standard InChI is InChI=1S/C5H7Cl.C5H5.C2H6N.C2H5.4BrH.ClH.4Mg/c1-2-3-4-5-6;1-2-5-3-4-5;1-3-2;1-2;;;;;;;;;/h1H,3-5H2;5H,3-4H2;1-2H3;1H2,2H3;5*1H;;;;/q;3*-1;;;;;;4*+2/p-5. The largest absolute Gasteiger partial charge is 2.00 e. The van der Waals surface area contributed by atoms with Crippen molar-refractivity contribution in [1.82, 2.24) is 0 Å². The fraction of sp³-hybridized carbons (Fsp3) is 0.643. The molecular weight excluding hydrogens is 670 g/mol. The maximum Gasteiger partial charge on any atom is 2.00 e. The molecule has 0 aliphatic heterocycles. The first-order valence-corrected chi connectivity index (χ1v) is 5.90. The molecule has 0 bridgehead atoms. The average Bonchev–Trinajstić information content (AvgIpc) is 3.14. The molecule has 1 rings (SSSR count). The van der Waals surface area contributed by atoms with Crippen LogP contribution < -0.4 is 80.3 Å². The number of rotatable bonds is 2. The minimum absolute atomic E-state index is 0. The van der Waals surface area contributed by atoms with Crippen molar-refractivity contribution in [3.05, 3.63) is 18.7 Å². The summed E-state index contributed by atoms with van der Waals surface area (Å²) in [6.07, 6.45) is 15.6. The summed E-state index contributed by atoms with van der Waals surface area (Å²) in [6.45, 7) is 5.00. The molecule has 1 saturated carbocycles. The summed E-state index contributed by atoms with van der Waals surface area (Å²) in [4.78, 5) is 0. The molecule has 134 valence electrons. The van der Waals surface area contributed by atoms with Gasteiger partial charge in [0.2, 0.25) is 0 Å². The van der Waals surface area contributed by atoms with Gasteiger partial charge >= 0.3 is 92.2 Å². The van der Waals surface area contributed by atoms with Crippen molar-refractivity contribution in [3.63, 3.8) is 0 Å². The number of terminal acetylenes is 1. The Bertz CT molecular complexity index is 206. The van der Waals surface area contributed by atoms with Crippen LogP contribution in [0.2, 0.25) is 0 Å². The van der Waals surface area contributed by atoms with Crippen molar-refractivity contribution in [2.24, 2.45) is 5.92 Å². The molecule has 1 fully saturated rings. The first-order valence-electron chi connectivity index (χ1n) is 5.37. The number of hydrogen-bond acceptors (Lipinski definition) is 0. The zero-order valence-corrected chi connectivity index (χ0v) is 29.0. The van der Waals surface area contributed by atoms with Gasteiger partial charge in [0.05, 0.1) is 0 Å². The third-order valence-corrected chi connectivity index (χ3v) is 1.50. The Kier molecular flexibility index (Phi) is 280. The number of nitrogens with zero attached hydrogens (tertiary/aromatic N) is 1. The molecule has 0 aromatic heterocycles. The van der Waals surface area contributed by atoms with Gasteiger partial charge < -0.3 is 105 Å². The fourth-order valence-corrected chi connectivity index (χ4v) is 0.530. The number of unbranched alkanes of at least 4 members (excludes halogenated alkanes) is 1. The SMILES string of the molecule is C#CCCCCl.C[N-]C.[Br-].[Br-].[Br-].[Br-].[C-]#CC1CC1.[CH2-]C.[Cl-].[Mg+2].[Mg+2].[Mg+2].[Mg+2]. The Labute approximate surface area is 275 Å². The molecule has 1 nitrogen and oxygen atoms in total. The van der Waals surface area contributed by atoms with E-state index in [-0.39, 0.29) is 173 Å². The van der Waals surface area contributed by atoms with Crippen molar-refractivity contribution in [2.45, 2.75) is 32.6 Å². The summed E-state index contributed by atoms with van der Waals surface area (Å²) in [7, 11) is 3.50. The second-order valence-electron chi connectivity index (χ2n) is 2.86. The molecule has 0 atom stereocenters. The number of hydrogen-bond donors (Lipinski definition) is 0. The van der Waals surface area contributed by atoms with E-state index in [4.69, 9.17) is 24.4 Å². The third-order valence-electron chi connectivity index (χ3n) is 1.24. The van der Waals surface area contributed by atoms with E-state index in [0.717, 1.165) is 12.8 Å². The smallest absolute Gasteiger partial charge is 1.00 e. The van der Waals surface area contributed by atoms with Crippen molar-refractivity contribution in [3.8, 4) is 18.3 Å². The van der Waals surface area contributed by atoms with E-state index < -0.39 is 0 Å². The van der Waals surface area contributed by atoms with Crippen molar-refractivity contribution in [2.75, 3.05) is 20.0 Å². The van der Waals surface area contributed by atoms with E-state index in [1.807, 2.05) is 0 Å². The Morgan fingerprint density at radius 2 is 1.32 bits per heavy atom. The van der Waals surface area contributed by atoms with E-state index in [2.05, 4.69) is 24.1 Å². The molecule has 0 N–H and O–H groups in total. The van der Waals surface area contributed by atoms with Gasteiger partial charge in [-0.25, -0.2) is 0 Å². The molecule has 0 unspecified atom stereocenters. The molecule has 0 heterocycles. The van der Waals surface area contributed by atoms with Gasteiger partial charge in [0.25, 0.3) is 0 Å². The molecule has 0 radical (unpaired) electrons. The van der Waals surface area contributed by atoms with Gasteiger partial charge in [-0.2, -0.15) is 21.0 Å². The normalized spacial score (nSPS) is 7.00. The molecule has 0 aromatic carbocycles. The molecule has 11 heteroatoms. The van der Waals surface area contributed by atoms with E-state index in [9.17, 15) is 0 Å². The van der Waals surface area contributed by atoms with Crippen molar-refractivity contribution >= 4 is 104 Å². The molecular formula is C14H23Br4Cl2Mg4N. The van der Waals surface area contributed by atoms with Crippen LogP contribution in [-0.2, 0) is 0 Å². The Balaban J connectivity index is -0.00000000842. The van der Waals surface area contributed by atoms with Gasteiger partial charge in [-0.05, 0) is 25.2 Å². The topological polar surface area (TPSA) is 14.1 Å². The predicted octanol–water partition coefficient (Wildman–Crippen LogP) is -12.4. The minimum atomic E-state index is 0. The van der Waals surface area contributed by atoms with Gasteiger partial charge in [0, 0.05) is 12.3 Å². The van der Waals surface area contributed by atoms with Gasteiger partial charge in [0.15, 0.2) is 0 Å². The minimum Gasteiger partial charge on any atom is -1.00 e. The number of alkyl halides is 1. The summed E-state index contributed by atoms with van der Waals surface area (Å²) in [5, 5.41) is 3.50. The number of halogens is 6. The maximum absolute atomic E-state index is 6.47. The van der Waals surface area contributed by atoms with E-state index >= 15 is 0 Å². The van der Waals surface area contributed by atoms with Crippen LogP contribution >= 0.6 is 11.6 Å². The van der Waals surface area contributed by atoms with E-state index in [1.54, 1.807) is 21.0 Å². The first kappa shape index (κ1) is 78.1. The van der Waals surface area contributed by atoms with Crippen LogP contribution in [0.4, 0.5) is 0 Å². The summed E-state index contributed by atoms with van der Waals surface area (Å²) in [5.74, 6) is 6.11. The quantitative estimate of drug-likeness (QED) is 0.0899. The van der Waals surface area contributed by atoms with E-state index in [1.165, 1.54) is 12.8 Å². The monoisotopic (exact) mass is 687 g/mol. The van der Waals surface area contributed by atoms with Gasteiger partial charge in [0.1, 0.15) is 0 Å². The molecule has 25 heavy (non-hydrogen) atoms. The van der Waals surface area contributed by atoms with Gasteiger partial charge in [-0.1, -0.05) is 0 Å². The molecule has 0 spiro atoms. The summed E-state index contributed by atoms with van der Waals surface area (Å²) >= 11 is 5.28. The van der Waals surface area contributed by atoms with Gasteiger partial charge in [-0.15, -0.1) is 23.9 Å². The molecule has 1 aliphatic rings. The second-order valence-corrected chi connectivity index (χ2v) is 3.24. The molecule has 0 saturated heterocycles. The van der Waals surface area contributed by atoms with Crippen LogP contribution in [0.15, 0.2) is 0 Å².